The van der Waals surface area contributed by atoms with Crippen LogP contribution in [0, 0.1) is 6.92 Å². The Hall–Kier alpha value is -2.41. The van der Waals surface area contributed by atoms with E-state index in [1.807, 2.05) is 31.4 Å². The Labute approximate surface area is 202 Å². The predicted octanol–water partition coefficient (Wildman–Crippen LogP) is 5.01. The van der Waals surface area contributed by atoms with Gasteiger partial charge in [0.2, 0.25) is 0 Å². The van der Waals surface area contributed by atoms with Gasteiger partial charge in [0.05, 0.1) is 17.2 Å². The van der Waals surface area contributed by atoms with Crippen molar-refractivity contribution in [3.63, 3.8) is 0 Å². The van der Waals surface area contributed by atoms with Crippen LogP contribution in [0.4, 0.5) is 5.69 Å². The zero-order chi connectivity index (χ0) is 22.3. The lowest BCUT2D eigenvalue weighted by molar-refractivity contribution is 0.0309. The number of methoxy groups -OCH3 is 1. The molecule has 3 aromatic rings. The molecule has 6 nitrogen and oxygen atoms in total. The van der Waals surface area contributed by atoms with Crippen LogP contribution in [-0.2, 0) is 4.74 Å². The highest BCUT2D eigenvalue weighted by Crippen LogP contribution is 2.28. The molecule has 0 radical (unpaired) electrons. The summed E-state index contributed by atoms with van der Waals surface area (Å²) in [5.41, 5.74) is 3.99. The number of hydrogen-bond acceptors (Lipinski definition) is 5. The van der Waals surface area contributed by atoms with Crippen molar-refractivity contribution in [2.75, 3.05) is 38.6 Å². The molecule has 33 heavy (non-hydrogen) atoms. The van der Waals surface area contributed by atoms with Gasteiger partial charge in [-0.05, 0) is 63.4 Å². The van der Waals surface area contributed by atoms with Gasteiger partial charge in [0.15, 0.2) is 0 Å². The molecule has 0 bridgehead atoms. The summed E-state index contributed by atoms with van der Waals surface area (Å²) in [6.07, 6.45) is 6.44. The van der Waals surface area contributed by atoms with Crippen LogP contribution < -0.4 is 10.9 Å². The minimum atomic E-state index is -0.155. The molecule has 2 aromatic carbocycles. The third-order valence-electron chi connectivity index (χ3n) is 6.47. The van der Waals surface area contributed by atoms with Crippen molar-refractivity contribution in [2.45, 2.75) is 45.1 Å². The maximum absolute atomic E-state index is 12.1. The third-order valence-corrected chi connectivity index (χ3v) is 6.47. The van der Waals surface area contributed by atoms with E-state index in [4.69, 9.17) is 4.74 Å². The van der Waals surface area contributed by atoms with E-state index in [1.54, 1.807) is 0 Å². The fraction of sp³-hybridized carbons (Fsp3) is 0.462. The summed E-state index contributed by atoms with van der Waals surface area (Å²) in [5.74, 6) is 0. The SMILES string of the molecule is COC1CCCN(CCCCCNc2cc(-c3n[nH]c(=O)c4ccccc34)ccc2C)C1.Cl. The second-order valence-corrected chi connectivity index (χ2v) is 8.76. The summed E-state index contributed by atoms with van der Waals surface area (Å²) >= 11 is 0. The quantitative estimate of drug-likeness (QED) is 0.430. The smallest absolute Gasteiger partial charge is 0.272 e. The molecular formula is C26H35ClN4O2. The first kappa shape index (κ1) is 25.2. The van der Waals surface area contributed by atoms with Crippen molar-refractivity contribution in [1.82, 2.24) is 15.1 Å². The highest BCUT2D eigenvalue weighted by Gasteiger charge is 2.18. The maximum Gasteiger partial charge on any atom is 0.272 e. The Bertz CT molecular complexity index is 1100. The van der Waals surface area contributed by atoms with Gasteiger partial charge in [0, 0.05) is 36.8 Å². The molecule has 4 rings (SSSR count). The monoisotopic (exact) mass is 470 g/mol. The number of aromatic amines is 1. The van der Waals surface area contributed by atoms with Crippen LogP contribution >= 0.6 is 12.4 Å². The van der Waals surface area contributed by atoms with Crippen LogP contribution in [0.3, 0.4) is 0 Å². The number of hydrogen-bond donors (Lipinski definition) is 2. The van der Waals surface area contributed by atoms with E-state index < -0.39 is 0 Å². The van der Waals surface area contributed by atoms with E-state index in [9.17, 15) is 4.79 Å². The van der Waals surface area contributed by atoms with Gasteiger partial charge in [-0.3, -0.25) is 4.79 Å². The van der Waals surface area contributed by atoms with Crippen LogP contribution in [-0.4, -0.2) is 54.5 Å². The Kier molecular flexibility index (Phi) is 9.30. The number of rotatable bonds is 9. The van der Waals surface area contributed by atoms with Crippen molar-refractivity contribution in [2.24, 2.45) is 0 Å². The van der Waals surface area contributed by atoms with E-state index in [2.05, 4.69) is 45.5 Å². The fourth-order valence-corrected chi connectivity index (χ4v) is 4.56. The van der Waals surface area contributed by atoms with E-state index in [0.717, 1.165) is 41.8 Å². The van der Waals surface area contributed by atoms with Crippen molar-refractivity contribution in [3.8, 4) is 11.3 Å². The van der Waals surface area contributed by atoms with Crippen LogP contribution in [0.15, 0.2) is 47.3 Å². The standard InChI is InChI=1S/C26H34N4O2.ClH/c1-19-12-13-20(25-22-10-4-5-11-23(22)26(31)29-28-25)17-24(19)27-14-6-3-7-15-30-16-8-9-21(18-30)32-2;/h4-5,10-13,17,21,27H,3,6-9,14-16,18H2,1-2H3,(H,29,31);1H. The highest BCUT2D eigenvalue weighted by molar-refractivity contribution is 5.94. The van der Waals surface area contributed by atoms with Gasteiger partial charge in [-0.15, -0.1) is 12.4 Å². The van der Waals surface area contributed by atoms with Crippen molar-refractivity contribution in [1.29, 1.82) is 0 Å². The van der Waals surface area contributed by atoms with Crippen molar-refractivity contribution < 1.29 is 4.74 Å². The molecule has 2 heterocycles. The maximum atomic E-state index is 12.1. The van der Waals surface area contributed by atoms with Gasteiger partial charge in [0.1, 0.15) is 0 Å². The Balaban J connectivity index is 0.00000306. The number of halogens is 1. The molecule has 2 N–H and O–H groups in total. The first-order chi connectivity index (χ1) is 15.7. The van der Waals surface area contributed by atoms with E-state index in [-0.39, 0.29) is 18.0 Å². The van der Waals surface area contributed by atoms with E-state index >= 15 is 0 Å². The minimum Gasteiger partial charge on any atom is -0.385 e. The normalized spacial score (nSPS) is 16.5. The first-order valence-corrected chi connectivity index (χ1v) is 11.7. The number of nitrogens with zero attached hydrogens (tertiary/aromatic N) is 2. The number of aromatic nitrogens is 2. The van der Waals surface area contributed by atoms with E-state index in [0.29, 0.717) is 11.5 Å². The average Bonchev–Trinajstić information content (AvgIpc) is 2.83. The number of benzene rings is 2. The summed E-state index contributed by atoms with van der Waals surface area (Å²) in [6.45, 7) is 6.52. The summed E-state index contributed by atoms with van der Waals surface area (Å²) in [4.78, 5) is 14.6. The van der Waals surface area contributed by atoms with Crippen molar-refractivity contribution >= 4 is 28.9 Å². The molecule has 0 aliphatic carbocycles. The second-order valence-electron chi connectivity index (χ2n) is 8.76. The number of ether oxygens (including phenoxy) is 1. The Morgan fingerprint density at radius 3 is 2.79 bits per heavy atom. The molecule has 0 amide bonds. The molecule has 0 saturated carbocycles. The lowest BCUT2D eigenvalue weighted by atomic mass is 10.0. The van der Waals surface area contributed by atoms with Gasteiger partial charge in [0.25, 0.3) is 5.56 Å². The number of aryl methyl sites for hydroxylation is 1. The summed E-state index contributed by atoms with van der Waals surface area (Å²) < 4.78 is 5.52. The minimum absolute atomic E-state index is 0. The number of fused-ring (bicyclic) bond motifs is 1. The molecule has 178 valence electrons. The molecular weight excluding hydrogens is 436 g/mol. The molecule has 1 aromatic heterocycles. The van der Waals surface area contributed by atoms with Gasteiger partial charge in [-0.25, -0.2) is 5.10 Å². The van der Waals surface area contributed by atoms with Gasteiger partial charge < -0.3 is 15.0 Å². The number of nitrogens with one attached hydrogen (secondary N) is 2. The number of anilines is 1. The molecule has 0 spiro atoms. The topological polar surface area (TPSA) is 70.2 Å². The van der Waals surface area contributed by atoms with Gasteiger partial charge in [-0.1, -0.05) is 36.8 Å². The lowest BCUT2D eigenvalue weighted by Gasteiger charge is -2.31. The van der Waals surface area contributed by atoms with Crippen LogP contribution in [0.25, 0.3) is 22.0 Å². The number of piperidine rings is 1. The lowest BCUT2D eigenvalue weighted by Crippen LogP contribution is -2.39. The molecule has 1 atom stereocenters. The zero-order valence-electron chi connectivity index (χ0n) is 19.6. The van der Waals surface area contributed by atoms with Crippen molar-refractivity contribution in [3.05, 3.63) is 58.4 Å². The van der Waals surface area contributed by atoms with Gasteiger partial charge in [-0.2, -0.15) is 5.10 Å². The summed E-state index contributed by atoms with van der Waals surface area (Å²) in [5, 5.41) is 12.1. The molecule has 7 heteroatoms. The molecule has 1 unspecified atom stereocenters. The molecule has 1 aliphatic rings. The number of unbranched alkanes of at least 4 members (excludes halogenated alkanes) is 2. The number of H-pyrrole nitrogens is 1. The van der Waals surface area contributed by atoms with Gasteiger partial charge >= 0.3 is 0 Å². The summed E-state index contributed by atoms with van der Waals surface area (Å²) in [7, 11) is 1.83. The zero-order valence-corrected chi connectivity index (χ0v) is 20.4. The first-order valence-electron chi connectivity index (χ1n) is 11.7. The van der Waals surface area contributed by atoms with E-state index in [1.165, 1.54) is 44.3 Å². The average molecular weight is 471 g/mol. The molecule has 1 saturated heterocycles. The molecule has 1 fully saturated rings. The Morgan fingerprint density at radius 2 is 1.97 bits per heavy atom. The van der Waals surface area contributed by atoms with Crippen LogP contribution in [0.5, 0.6) is 0 Å². The highest BCUT2D eigenvalue weighted by atomic mass is 35.5. The fourth-order valence-electron chi connectivity index (χ4n) is 4.56. The predicted molar refractivity (Wildman–Crippen MR) is 139 cm³/mol. The number of likely N-dealkylation sites (tertiary alicyclic amines) is 1. The largest absolute Gasteiger partial charge is 0.385 e. The molecule has 1 aliphatic heterocycles. The Morgan fingerprint density at radius 1 is 1.15 bits per heavy atom. The second kappa shape index (κ2) is 12.2. The van der Waals surface area contributed by atoms with Crippen LogP contribution in [0.1, 0.15) is 37.7 Å². The van der Waals surface area contributed by atoms with Crippen LogP contribution in [0.2, 0.25) is 0 Å². The third kappa shape index (κ3) is 6.34. The summed E-state index contributed by atoms with van der Waals surface area (Å²) in [6, 6.07) is 13.9.